The van der Waals surface area contributed by atoms with Gasteiger partial charge in [-0.3, -0.25) is 4.79 Å². The first-order valence-electron chi connectivity index (χ1n) is 5.98. The van der Waals surface area contributed by atoms with Crippen LogP contribution in [0.5, 0.6) is 5.75 Å². The highest BCUT2D eigenvalue weighted by molar-refractivity contribution is 6.38. The maximum Gasteiger partial charge on any atom is 0.396 e. The standard InChI is InChI=1S/C14H13NO6/c1-7-6-10(16)21-12-8(7)4-5-9(19-2)11(12)15-13(17)14(18)20-3/h4-6H,1-3H3,(H,15,17). The fraction of sp³-hybridized carbons (Fsp3) is 0.214. The Morgan fingerprint density at radius 2 is 1.95 bits per heavy atom. The van der Waals surface area contributed by atoms with E-state index in [4.69, 9.17) is 9.15 Å². The van der Waals surface area contributed by atoms with Gasteiger partial charge in [0.05, 0.1) is 14.2 Å². The highest BCUT2D eigenvalue weighted by Crippen LogP contribution is 2.33. The summed E-state index contributed by atoms with van der Waals surface area (Å²) in [6.07, 6.45) is 0. The molecule has 1 amide bonds. The van der Waals surface area contributed by atoms with Crippen LogP contribution in [0.15, 0.2) is 27.4 Å². The van der Waals surface area contributed by atoms with Crippen LogP contribution in [0.4, 0.5) is 5.69 Å². The smallest absolute Gasteiger partial charge is 0.396 e. The summed E-state index contributed by atoms with van der Waals surface area (Å²) in [4.78, 5) is 34.4. The minimum absolute atomic E-state index is 0.103. The van der Waals surface area contributed by atoms with Gasteiger partial charge in [0.1, 0.15) is 11.4 Å². The lowest BCUT2D eigenvalue weighted by atomic mass is 10.1. The lowest BCUT2D eigenvalue weighted by Crippen LogP contribution is -2.24. The Kier molecular flexibility index (Phi) is 3.93. The van der Waals surface area contributed by atoms with Crippen molar-refractivity contribution in [2.24, 2.45) is 0 Å². The SMILES string of the molecule is COC(=O)C(=O)Nc1c(OC)ccc2c(C)cc(=O)oc12. The predicted octanol–water partition coefficient (Wildman–Crippen LogP) is 1.22. The number of carbonyl (C=O) groups is 2. The number of rotatable bonds is 2. The van der Waals surface area contributed by atoms with Gasteiger partial charge in [-0.15, -0.1) is 0 Å². The summed E-state index contributed by atoms with van der Waals surface area (Å²) in [6, 6.07) is 4.63. The number of fused-ring (bicyclic) bond motifs is 1. The van der Waals surface area contributed by atoms with Crippen LogP contribution in [0, 0.1) is 6.92 Å². The topological polar surface area (TPSA) is 94.8 Å². The summed E-state index contributed by atoms with van der Waals surface area (Å²) >= 11 is 0. The second-order valence-corrected chi connectivity index (χ2v) is 4.21. The molecule has 0 aliphatic rings. The Bertz CT molecular complexity index is 777. The van der Waals surface area contributed by atoms with Crippen molar-refractivity contribution >= 4 is 28.5 Å². The fourth-order valence-corrected chi connectivity index (χ4v) is 1.91. The van der Waals surface area contributed by atoms with Crippen LogP contribution in [0.3, 0.4) is 0 Å². The summed E-state index contributed by atoms with van der Waals surface area (Å²) < 4.78 is 14.6. The zero-order chi connectivity index (χ0) is 15.6. The van der Waals surface area contributed by atoms with E-state index in [9.17, 15) is 14.4 Å². The van der Waals surface area contributed by atoms with E-state index in [1.807, 2.05) is 0 Å². The summed E-state index contributed by atoms with van der Waals surface area (Å²) in [5.74, 6) is -1.80. The van der Waals surface area contributed by atoms with Crippen LogP contribution in [0.25, 0.3) is 11.0 Å². The van der Waals surface area contributed by atoms with E-state index in [1.54, 1.807) is 19.1 Å². The van der Waals surface area contributed by atoms with Crippen LogP contribution in [0.2, 0.25) is 0 Å². The molecule has 7 heteroatoms. The van der Waals surface area contributed by atoms with Crippen LogP contribution < -0.4 is 15.7 Å². The average molecular weight is 291 g/mol. The molecule has 2 rings (SSSR count). The van der Waals surface area contributed by atoms with E-state index in [2.05, 4.69) is 10.1 Å². The van der Waals surface area contributed by atoms with Gasteiger partial charge in [0.15, 0.2) is 5.58 Å². The lowest BCUT2D eigenvalue weighted by Gasteiger charge is -2.12. The van der Waals surface area contributed by atoms with Crippen molar-refractivity contribution in [3.8, 4) is 5.75 Å². The first-order valence-corrected chi connectivity index (χ1v) is 5.98. The molecule has 0 atom stereocenters. The minimum Gasteiger partial charge on any atom is -0.494 e. The van der Waals surface area contributed by atoms with Gasteiger partial charge in [-0.05, 0) is 24.6 Å². The van der Waals surface area contributed by atoms with Crippen molar-refractivity contribution in [2.75, 3.05) is 19.5 Å². The number of benzene rings is 1. The quantitative estimate of drug-likeness (QED) is 0.508. The number of ether oxygens (including phenoxy) is 2. The van der Waals surface area contributed by atoms with Gasteiger partial charge in [-0.25, -0.2) is 9.59 Å². The van der Waals surface area contributed by atoms with E-state index in [1.165, 1.54) is 13.2 Å². The largest absolute Gasteiger partial charge is 0.494 e. The summed E-state index contributed by atoms with van der Waals surface area (Å²) in [5.41, 5.74) is 0.349. The van der Waals surface area contributed by atoms with Gasteiger partial charge < -0.3 is 19.2 Å². The first-order chi connectivity index (χ1) is 9.97. The zero-order valence-electron chi connectivity index (χ0n) is 11.7. The van der Waals surface area contributed by atoms with Crippen molar-refractivity contribution < 1.29 is 23.5 Å². The number of nitrogens with one attached hydrogen (secondary N) is 1. The number of aryl methyl sites for hydroxylation is 1. The Morgan fingerprint density at radius 3 is 2.57 bits per heavy atom. The lowest BCUT2D eigenvalue weighted by molar-refractivity contribution is -0.150. The Labute approximate surface area is 119 Å². The maximum atomic E-state index is 11.7. The summed E-state index contributed by atoms with van der Waals surface area (Å²) in [7, 11) is 2.48. The molecular weight excluding hydrogens is 278 g/mol. The number of amides is 1. The molecule has 2 aromatic rings. The molecule has 1 N–H and O–H groups in total. The molecule has 1 heterocycles. The van der Waals surface area contributed by atoms with E-state index < -0.39 is 17.5 Å². The number of hydrogen-bond acceptors (Lipinski definition) is 6. The molecule has 0 fully saturated rings. The molecule has 1 aromatic heterocycles. The van der Waals surface area contributed by atoms with Crippen molar-refractivity contribution in [1.29, 1.82) is 0 Å². The normalized spacial score (nSPS) is 10.2. The number of hydrogen-bond donors (Lipinski definition) is 1. The number of esters is 1. The zero-order valence-corrected chi connectivity index (χ0v) is 11.7. The van der Waals surface area contributed by atoms with E-state index in [-0.39, 0.29) is 17.0 Å². The number of methoxy groups -OCH3 is 2. The monoisotopic (exact) mass is 291 g/mol. The summed E-state index contributed by atoms with van der Waals surface area (Å²) in [5, 5.41) is 2.96. The molecule has 0 aliphatic carbocycles. The number of carbonyl (C=O) groups excluding carboxylic acids is 2. The third kappa shape index (κ3) is 2.71. The van der Waals surface area contributed by atoms with Crippen molar-refractivity contribution in [3.63, 3.8) is 0 Å². The van der Waals surface area contributed by atoms with E-state index in [0.717, 1.165) is 7.11 Å². The Hall–Kier alpha value is -2.83. The van der Waals surface area contributed by atoms with Crippen LogP contribution in [0.1, 0.15) is 5.56 Å². The van der Waals surface area contributed by atoms with Crippen LogP contribution >= 0.6 is 0 Å². The second kappa shape index (κ2) is 5.66. The van der Waals surface area contributed by atoms with E-state index >= 15 is 0 Å². The molecule has 21 heavy (non-hydrogen) atoms. The minimum atomic E-state index is -1.07. The fourth-order valence-electron chi connectivity index (χ4n) is 1.91. The molecule has 0 unspecified atom stereocenters. The van der Waals surface area contributed by atoms with Crippen molar-refractivity contribution in [3.05, 3.63) is 34.2 Å². The highest BCUT2D eigenvalue weighted by atomic mass is 16.5. The molecule has 0 radical (unpaired) electrons. The highest BCUT2D eigenvalue weighted by Gasteiger charge is 2.20. The van der Waals surface area contributed by atoms with Crippen molar-refractivity contribution in [1.82, 2.24) is 0 Å². The van der Waals surface area contributed by atoms with E-state index in [0.29, 0.717) is 10.9 Å². The van der Waals surface area contributed by atoms with Crippen LogP contribution in [-0.2, 0) is 14.3 Å². The Balaban J connectivity index is 2.66. The molecule has 110 valence electrons. The van der Waals surface area contributed by atoms with Gasteiger partial charge in [-0.2, -0.15) is 0 Å². The molecular formula is C14H13NO6. The maximum absolute atomic E-state index is 11.7. The first kappa shape index (κ1) is 14.6. The summed E-state index contributed by atoms with van der Waals surface area (Å²) in [6.45, 7) is 1.73. The van der Waals surface area contributed by atoms with Gasteiger partial charge in [0, 0.05) is 11.5 Å². The molecule has 0 saturated heterocycles. The molecule has 0 saturated carbocycles. The average Bonchev–Trinajstić information content (AvgIpc) is 2.46. The predicted molar refractivity (Wildman–Crippen MR) is 74.4 cm³/mol. The molecule has 0 spiro atoms. The second-order valence-electron chi connectivity index (χ2n) is 4.21. The Morgan fingerprint density at radius 1 is 1.24 bits per heavy atom. The van der Waals surface area contributed by atoms with Gasteiger partial charge in [-0.1, -0.05) is 0 Å². The molecule has 1 aromatic carbocycles. The third-order valence-corrected chi connectivity index (χ3v) is 2.91. The number of anilines is 1. The molecule has 7 nitrogen and oxygen atoms in total. The van der Waals surface area contributed by atoms with Gasteiger partial charge >= 0.3 is 17.5 Å². The van der Waals surface area contributed by atoms with Gasteiger partial charge in [0.25, 0.3) is 0 Å². The molecule has 0 aliphatic heterocycles. The van der Waals surface area contributed by atoms with Crippen molar-refractivity contribution in [2.45, 2.75) is 6.92 Å². The molecule has 0 bridgehead atoms. The third-order valence-electron chi connectivity index (χ3n) is 2.91. The van der Waals surface area contributed by atoms with Gasteiger partial charge in [0.2, 0.25) is 0 Å². The van der Waals surface area contributed by atoms with Crippen LogP contribution in [-0.4, -0.2) is 26.1 Å².